The molecule has 0 spiro atoms. The van der Waals surface area contributed by atoms with Gasteiger partial charge >= 0.3 is 0 Å². The first-order chi connectivity index (χ1) is 10.6. The van der Waals surface area contributed by atoms with Crippen LogP contribution in [0.3, 0.4) is 0 Å². The molecule has 1 aliphatic heterocycles. The van der Waals surface area contributed by atoms with Crippen molar-refractivity contribution >= 4 is 5.91 Å². The molecule has 116 valence electrons. The first-order valence-electron chi connectivity index (χ1n) is 7.05. The van der Waals surface area contributed by atoms with Gasteiger partial charge in [0.05, 0.1) is 18.7 Å². The van der Waals surface area contributed by atoms with Crippen LogP contribution in [0, 0.1) is 0 Å². The lowest BCUT2D eigenvalue weighted by molar-refractivity contribution is -0.0598. The van der Waals surface area contributed by atoms with Gasteiger partial charge in [0.25, 0.3) is 5.91 Å². The third-order valence-corrected chi connectivity index (χ3v) is 3.79. The highest BCUT2D eigenvalue weighted by Gasteiger charge is 2.35. The lowest BCUT2D eigenvalue weighted by Gasteiger charge is -2.38. The second-order valence-electron chi connectivity index (χ2n) is 5.43. The smallest absolute Gasteiger partial charge is 0.257 e. The summed E-state index contributed by atoms with van der Waals surface area (Å²) in [4.78, 5) is 22.3. The Labute approximate surface area is 127 Å². The van der Waals surface area contributed by atoms with Gasteiger partial charge in [-0.15, -0.1) is 0 Å². The third kappa shape index (κ3) is 2.70. The summed E-state index contributed by atoms with van der Waals surface area (Å²) in [6, 6.07) is 3.34. The lowest BCUT2D eigenvalue weighted by Crippen LogP contribution is -2.52. The molecule has 0 saturated carbocycles. The topological polar surface area (TPSA) is 104 Å². The first kappa shape index (κ1) is 14.6. The van der Waals surface area contributed by atoms with Crippen LogP contribution in [0.4, 0.5) is 0 Å². The quantitative estimate of drug-likeness (QED) is 0.801. The molecule has 3 rings (SSSR count). The monoisotopic (exact) mass is 303 g/mol. The highest BCUT2D eigenvalue weighted by atomic mass is 16.3. The van der Waals surface area contributed by atoms with Gasteiger partial charge in [-0.1, -0.05) is 0 Å². The molecule has 1 saturated heterocycles. The van der Waals surface area contributed by atoms with Gasteiger partial charge in [-0.05, 0) is 25.0 Å². The Morgan fingerprint density at radius 1 is 1.45 bits per heavy atom. The summed E-state index contributed by atoms with van der Waals surface area (Å²) in [6.07, 6.45) is 5.54. The molecule has 2 N–H and O–H groups in total. The van der Waals surface area contributed by atoms with E-state index in [1.165, 1.54) is 22.2 Å². The summed E-state index contributed by atoms with van der Waals surface area (Å²) >= 11 is 0. The van der Waals surface area contributed by atoms with Crippen LogP contribution >= 0.6 is 0 Å². The highest BCUT2D eigenvalue weighted by molar-refractivity contribution is 5.97. The van der Waals surface area contributed by atoms with Crippen LogP contribution in [-0.2, 0) is 0 Å². The molecule has 2 aromatic heterocycles. The number of carbonyl (C=O) groups is 1. The van der Waals surface area contributed by atoms with Gasteiger partial charge in [0, 0.05) is 12.7 Å². The molecule has 2 aromatic rings. The maximum Gasteiger partial charge on any atom is 0.257 e. The first-order valence-corrected chi connectivity index (χ1v) is 7.05. The van der Waals surface area contributed by atoms with Gasteiger partial charge in [-0.2, -0.15) is 5.10 Å². The molecule has 0 aromatic carbocycles. The number of rotatable bonds is 3. The average molecular weight is 303 g/mol. The number of aliphatic hydroxyl groups excluding tert-OH is 1. The number of piperidine rings is 1. The van der Waals surface area contributed by atoms with E-state index in [4.69, 9.17) is 0 Å². The summed E-state index contributed by atoms with van der Waals surface area (Å²) < 4.78 is 1.43. The average Bonchev–Trinajstić information content (AvgIpc) is 3.08. The molecule has 0 bridgehead atoms. The van der Waals surface area contributed by atoms with Crippen LogP contribution in [0.5, 0.6) is 0 Å². The third-order valence-electron chi connectivity index (χ3n) is 3.79. The summed E-state index contributed by atoms with van der Waals surface area (Å²) in [6.45, 7) is 0.278. The number of hydrogen-bond acceptors (Lipinski definition) is 6. The summed E-state index contributed by atoms with van der Waals surface area (Å²) in [5.41, 5.74) is -0.848. The van der Waals surface area contributed by atoms with Crippen LogP contribution in [0.15, 0.2) is 31.0 Å². The van der Waals surface area contributed by atoms with E-state index in [0.29, 0.717) is 30.8 Å². The number of aromatic nitrogens is 4. The summed E-state index contributed by atoms with van der Waals surface area (Å²) in [5.74, 6) is 0.147. The van der Waals surface area contributed by atoms with E-state index in [9.17, 15) is 15.0 Å². The molecule has 1 aliphatic rings. The Bertz CT molecular complexity index is 660. The number of carbonyl (C=O) groups excluding carboxylic acids is 1. The zero-order valence-electron chi connectivity index (χ0n) is 12.0. The molecule has 1 unspecified atom stereocenters. The fraction of sp³-hybridized carbons (Fsp3) is 0.429. The normalized spacial score (nSPS) is 21.8. The number of nitrogens with zero attached hydrogens (tertiary/aromatic N) is 5. The number of hydrogen-bond donors (Lipinski definition) is 2. The predicted octanol–water partition coefficient (Wildman–Crippen LogP) is -0.378. The Balaban J connectivity index is 1.90. The largest absolute Gasteiger partial charge is 0.393 e. The van der Waals surface area contributed by atoms with Crippen molar-refractivity contribution in [2.24, 2.45) is 0 Å². The van der Waals surface area contributed by atoms with Gasteiger partial charge in [-0.3, -0.25) is 4.79 Å². The molecule has 0 aliphatic carbocycles. The second kappa shape index (κ2) is 5.82. The van der Waals surface area contributed by atoms with Crippen LogP contribution in [0.1, 0.15) is 23.2 Å². The summed E-state index contributed by atoms with van der Waals surface area (Å²) in [7, 11) is 0. The number of β-amino-alcohol motifs (C(OH)–C–C–N with tert-alkyl or cyclic N) is 1. The minimum absolute atomic E-state index is 0.105. The Kier molecular flexibility index (Phi) is 3.86. The Morgan fingerprint density at radius 2 is 2.32 bits per heavy atom. The van der Waals surface area contributed by atoms with E-state index in [2.05, 4.69) is 15.1 Å². The van der Waals surface area contributed by atoms with Gasteiger partial charge < -0.3 is 15.1 Å². The molecule has 3 heterocycles. The van der Waals surface area contributed by atoms with E-state index in [1.807, 2.05) is 0 Å². The molecule has 1 atom stereocenters. The SMILES string of the molecule is O=C(c1cccnc1-n1cncn1)N1CCCC(O)(CO)C1. The van der Waals surface area contributed by atoms with Crippen LogP contribution < -0.4 is 0 Å². The zero-order chi connectivity index (χ0) is 15.6. The van der Waals surface area contributed by atoms with Crippen molar-refractivity contribution in [2.45, 2.75) is 18.4 Å². The fourth-order valence-electron chi connectivity index (χ4n) is 2.65. The molecule has 22 heavy (non-hydrogen) atoms. The zero-order valence-corrected chi connectivity index (χ0v) is 12.0. The van der Waals surface area contributed by atoms with Crippen molar-refractivity contribution in [2.75, 3.05) is 19.7 Å². The van der Waals surface area contributed by atoms with Crippen LogP contribution in [0.25, 0.3) is 5.82 Å². The maximum atomic E-state index is 12.8. The minimum atomic E-state index is -1.23. The van der Waals surface area contributed by atoms with Gasteiger partial charge in [-0.25, -0.2) is 14.6 Å². The molecular weight excluding hydrogens is 286 g/mol. The van der Waals surface area contributed by atoms with E-state index < -0.39 is 5.60 Å². The van der Waals surface area contributed by atoms with E-state index >= 15 is 0 Å². The van der Waals surface area contributed by atoms with Crippen molar-refractivity contribution < 1.29 is 15.0 Å². The molecule has 1 amide bonds. The minimum Gasteiger partial charge on any atom is -0.393 e. The van der Waals surface area contributed by atoms with Gasteiger partial charge in [0.15, 0.2) is 5.82 Å². The highest BCUT2D eigenvalue weighted by Crippen LogP contribution is 2.23. The number of pyridine rings is 1. The molecule has 8 nitrogen and oxygen atoms in total. The number of aliphatic hydroxyl groups is 2. The molecule has 8 heteroatoms. The number of likely N-dealkylation sites (tertiary alicyclic amines) is 1. The van der Waals surface area contributed by atoms with Crippen molar-refractivity contribution in [3.63, 3.8) is 0 Å². The molecular formula is C14H17N5O3. The number of amides is 1. The Hall–Kier alpha value is -2.32. The maximum absolute atomic E-state index is 12.8. The molecule has 0 radical (unpaired) electrons. The lowest BCUT2D eigenvalue weighted by atomic mass is 9.93. The van der Waals surface area contributed by atoms with Crippen LogP contribution in [0.2, 0.25) is 0 Å². The molecule has 1 fully saturated rings. The van der Waals surface area contributed by atoms with Gasteiger partial charge in [0.2, 0.25) is 0 Å². The van der Waals surface area contributed by atoms with Crippen LogP contribution in [-0.4, -0.2) is 66.1 Å². The predicted molar refractivity (Wildman–Crippen MR) is 76.3 cm³/mol. The van der Waals surface area contributed by atoms with Crippen molar-refractivity contribution in [1.29, 1.82) is 0 Å². The van der Waals surface area contributed by atoms with Crippen molar-refractivity contribution in [3.8, 4) is 5.82 Å². The van der Waals surface area contributed by atoms with E-state index in [0.717, 1.165) is 0 Å². The van der Waals surface area contributed by atoms with E-state index in [1.54, 1.807) is 18.3 Å². The van der Waals surface area contributed by atoms with E-state index in [-0.39, 0.29) is 19.1 Å². The Morgan fingerprint density at radius 3 is 3.05 bits per heavy atom. The fourth-order valence-corrected chi connectivity index (χ4v) is 2.65. The second-order valence-corrected chi connectivity index (χ2v) is 5.43. The summed E-state index contributed by atoms with van der Waals surface area (Å²) in [5, 5.41) is 23.5. The standard InChI is InChI=1S/C14H17N5O3/c20-8-14(22)4-2-6-18(7-14)13(21)11-3-1-5-16-12(11)19-10-15-9-17-19/h1,3,5,9-10,20,22H,2,4,6-8H2. The van der Waals surface area contributed by atoms with Gasteiger partial charge in [0.1, 0.15) is 18.3 Å². The van der Waals surface area contributed by atoms with Crippen molar-refractivity contribution in [3.05, 3.63) is 36.5 Å². The van der Waals surface area contributed by atoms with Crippen molar-refractivity contribution in [1.82, 2.24) is 24.6 Å².